The number of amides is 1. The highest BCUT2D eigenvalue weighted by molar-refractivity contribution is 6.30. The van der Waals surface area contributed by atoms with Crippen LogP contribution >= 0.6 is 11.6 Å². The molecular formula is C23H17ClN4O2. The predicted octanol–water partition coefficient (Wildman–Crippen LogP) is 3.87. The molecular weight excluding hydrogens is 400 g/mol. The van der Waals surface area contributed by atoms with Crippen LogP contribution in [0, 0.1) is 0 Å². The molecule has 0 saturated heterocycles. The summed E-state index contributed by atoms with van der Waals surface area (Å²) in [7, 11) is 0. The summed E-state index contributed by atoms with van der Waals surface area (Å²) in [4.78, 5) is 25.2. The largest absolute Gasteiger partial charge is 0.275 e. The van der Waals surface area contributed by atoms with E-state index in [0.29, 0.717) is 16.1 Å². The van der Waals surface area contributed by atoms with Gasteiger partial charge in [0.25, 0.3) is 11.5 Å². The van der Waals surface area contributed by atoms with Gasteiger partial charge in [0.05, 0.1) is 17.3 Å². The van der Waals surface area contributed by atoms with Crippen LogP contribution in [-0.2, 0) is 11.3 Å². The van der Waals surface area contributed by atoms with Gasteiger partial charge in [-0.1, -0.05) is 72.3 Å². The number of hydrazone groups is 1. The first-order valence-corrected chi connectivity index (χ1v) is 9.62. The second kappa shape index (κ2) is 8.71. The van der Waals surface area contributed by atoms with Crippen molar-refractivity contribution in [1.82, 2.24) is 15.2 Å². The van der Waals surface area contributed by atoms with Crippen LogP contribution in [-0.4, -0.2) is 21.9 Å². The zero-order chi connectivity index (χ0) is 20.9. The molecule has 0 atom stereocenters. The number of carbonyl (C=O) groups is 1. The molecule has 1 N–H and O–H groups in total. The number of nitrogens with zero attached hydrogens (tertiary/aromatic N) is 3. The van der Waals surface area contributed by atoms with Crippen LogP contribution in [0.15, 0.2) is 88.8 Å². The van der Waals surface area contributed by atoms with Crippen molar-refractivity contribution in [2.75, 3.05) is 0 Å². The highest BCUT2D eigenvalue weighted by Gasteiger charge is 2.13. The zero-order valence-corrected chi connectivity index (χ0v) is 16.6. The first-order chi connectivity index (χ1) is 14.6. The fraction of sp³-hybridized carbons (Fsp3) is 0.0435. The minimum absolute atomic E-state index is 0.249. The van der Waals surface area contributed by atoms with E-state index >= 15 is 0 Å². The molecule has 4 aromatic rings. The summed E-state index contributed by atoms with van der Waals surface area (Å²) in [5.41, 5.74) is 4.39. The SMILES string of the molecule is O=C(Cn1nc(-c2ccccc2)c2ccccc2c1=O)N/N=C/c1ccc(Cl)cc1. The minimum atomic E-state index is -0.455. The number of halogens is 1. The van der Waals surface area contributed by atoms with Gasteiger partial charge >= 0.3 is 0 Å². The molecule has 0 bridgehead atoms. The van der Waals surface area contributed by atoms with Gasteiger partial charge in [0.15, 0.2) is 0 Å². The van der Waals surface area contributed by atoms with Crippen LogP contribution in [0.3, 0.4) is 0 Å². The molecule has 0 aliphatic heterocycles. The lowest BCUT2D eigenvalue weighted by Crippen LogP contribution is -2.32. The Hall–Kier alpha value is -3.77. The number of benzene rings is 3. The summed E-state index contributed by atoms with van der Waals surface area (Å²) in [6.45, 7) is -0.249. The average Bonchev–Trinajstić information content (AvgIpc) is 2.78. The Bertz CT molecular complexity index is 1280. The third kappa shape index (κ3) is 4.29. The van der Waals surface area contributed by atoms with Crippen molar-refractivity contribution in [3.63, 3.8) is 0 Å². The molecule has 0 saturated carbocycles. The summed E-state index contributed by atoms with van der Waals surface area (Å²) in [6, 6.07) is 23.8. The Kier molecular flexibility index (Phi) is 5.68. The molecule has 3 aromatic carbocycles. The number of aromatic nitrogens is 2. The average molecular weight is 417 g/mol. The summed E-state index contributed by atoms with van der Waals surface area (Å²) < 4.78 is 1.16. The standard InChI is InChI=1S/C23H17ClN4O2/c24-18-12-10-16(11-13-18)14-25-26-21(29)15-28-23(30)20-9-5-4-8-19(20)22(27-28)17-6-2-1-3-7-17/h1-14H,15H2,(H,26,29)/b25-14+. The van der Waals surface area contributed by atoms with Crippen LogP contribution < -0.4 is 11.0 Å². The van der Waals surface area contributed by atoms with Crippen LogP contribution in [0.2, 0.25) is 5.02 Å². The summed E-state index contributed by atoms with van der Waals surface area (Å²) >= 11 is 5.85. The molecule has 1 heterocycles. The van der Waals surface area contributed by atoms with E-state index in [-0.39, 0.29) is 12.1 Å². The number of fused-ring (bicyclic) bond motifs is 1. The Morgan fingerprint density at radius 2 is 1.63 bits per heavy atom. The van der Waals surface area contributed by atoms with Gasteiger partial charge < -0.3 is 0 Å². The smallest absolute Gasteiger partial charge is 0.271 e. The van der Waals surface area contributed by atoms with Gasteiger partial charge in [-0.15, -0.1) is 0 Å². The quantitative estimate of drug-likeness (QED) is 0.396. The Morgan fingerprint density at radius 3 is 2.37 bits per heavy atom. The van der Waals surface area contributed by atoms with E-state index in [4.69, 9.17) is 11.6 Å². The number of hydrogen-bond acceptors (Lipinski definition) is 4. The summed E-state index contributed by atoms with van der Waals surface area (Å²) in [5, 5.41) is 10.3. The Morgan fingerprint density at radius 1 is 0.967 bits per heavy atom. The van der Waals surface area contributed by atoms with Crippen LogP contribution in [0.1, 0.15) is 5.56 Å². The van der Waals surface area contributed by atoms with Crippen molar-refractivity contribution in [2.45, 2.75) is 6.54 Å². The summed E-state index contributed by atoms with van der Waals surface area (Å²) in [6.07, 6.45) is 1.50. The number of nitrogens with one attached hydrogen (secondary N) is 1. The van der Waals surface area contributed by atoms with E-state index in [1.165, 1.54) is 6.21 Å². The molecule has 6 nitrogen and oxygen atoms in total. The molecule has 0 aliphatic carbocycles. The van der Waals surface area contributed by atoms with Crippen molar-refractivity contribution in [1.29, 1.82) is 0 Å². The third-order valence-corrected chi connectivity index (χ3v) is 4.73. The molecule has 4 rings (SSSR count). The maximum Gasteiger partial charge on any atom is 0.275 e. The maximum atomic E-state index is 12.8. The molecule has 0 spiro atoms. The molecule has 1 amide bonds. The lowest BCUT2D eigenvalue weighted by atomic mass is 10.1. The number of carbonyl (C=O) groups excluding carboxylic acids is 1. The first-order valence-electron chi connectivity index (χ1n) is 9.24. The maximum absolute atomic E-state index is 12.8. The van der Waals surface area contributed by atoms with Gasteiger partial charge in [-0.2, -0.15) is 10.2 Å². The van der Waals surface area contributed by atoms with E-state index in [2.05, 4.69) is 15.6 Å². The van der Waals surface area contributed by atoms with Crippen molar-refractivity contribution in [3.8, 4) is 11.3 Å². The fourth-order valence-corrected chi connectivity index (χ4v) is 3.18. The Labute approximate surface area is 177 Å². The van der Waals surface area contributed by atoms with E-state index in [9.17, 15) is 9.59 Å². The molecule has 30 heavy (non-hydrogen) atoms. The molecule has 7 heteroatoms. The number of rotatable bonds is 5. The van der Waals surface area contributed by atoms with Gasteiger partial charge in [-0.05, 0) is 23.8 Å². The van der Waals surface area contributed by atoms with Crippen LogP contribution in [0.4, 0.5) is 0 Å². The molecule has 1 aromatic heterocycles. The molecule has 148 valence electrons. The van der Waals surface area contributed by atoms with E-state index < -0.39 is 5.91 Å². The minimum Gasteiger partial charge on any atom is -0.271 e. The molecule has 0 aliphatic rings. The van der Waals surface area contributed by atoms with Crippen LogP contribution in [0.5, 0.6) is 0 Å². The second-order valence-corrected chi connectivity index (χ2v) is 7.00. The van der Waals surface area contributed by atoms with Gasteiger partial charge in [0.2, 0.25) is 0 Å². The zero-order valence-electron chi connectivity index (χ0n) is 15.8. The molecule has 0 radical (unpaired) electrons. The predicted molar refractivity (Wildman–Crippen MR) is 119 cm³/mol. The first kappa shape index (κ1) is 19.5. The normalized spacial score (nSPS) is 11.1. The summed E-state index contributed by atoms with van der Waals surface area (Å²) in [5.74, 6) is -0.455. The van der Waals surface area contributed by atoms with Gasteiger partial charge in [-0.3, -0.25) is 9.59 Å². The second-order valence-electron chi connectivity index (χ2n) is 6.57. The Balaban J connectivity index is 1.61. The molecule has 0 fully saturated rings. The topological polar surface area (TPSA) is 76.3 Å². The fourth-order valence-electron chi connectivity index (χ4n) is 3.05. The van der Waals surface area contributed by atoms with Gasteiger partial charge in [0.1, 0.15) is 6.54 Å². The van der Waals surface area contributed by atoms with Crippen LogP contribution in [0.25, 0.3) is 22.0 Å². The van der Waals surface area contributed by atoms with E-state index in [1.54, 1.807) is 36.4 Å². The highest BCUT2D eigenvalue weighted by atomic mass is 35.5. The highest BCUT2D eigenvalue weighted by Crippen LogP contribution is 2.24. The van der Waals surface area contributed by atoms with E-state index in [1.807, 2.05) is 42.5 Å². The van der Waals surface area contributed by atoms with Crippen molar-refractivity contribution in [3.05, 3.63) is 99.8 Å². The van der Waals surface area contributed by atoms with Gasteiger partial charge in [-0.25, -0.2) is 10.1 Å². The lowest BCUT2D eigenvalue weighted by molar-refractivity contribution is -0.121. The van der Waals surface area contributed by atoms with Crippen molar-refractivity contribution in [2.24, 2.45) is 5.10 Å². The van der Waals surface area contributed by atoms with E-state index in [0.717, 1.165) is 21.2 Å². The number of hydrogen-bond donors (Lipinski definition) is 1. The van der Waals surface area contributed by atoms with Gasteiger partial charge in [0, 0.05) is 16.0 Å². The van der Waals surface area contributed by atoms with Crippen molar-refractivity contribution >= 4 is 34.5 Å². The monoisotopic (exact) mass is 416 g/mol. The lowest BCUT2D eigenvalue weighted by Gasteiger charge is -2.10. The molecule has 0 unspecified atom stereocenters. The third-order valence-electron chi connectivity index (χ3n) is 4.48. The van der Waals surface area contributed by atoms with Crippen molar-refractivity contribution < 1.29 is 4.79 Å².